The average Bonchev–Trinajstić information content (AvgIpc) is 2.90. The Balaban J connectivity index is 1.75. The first-order valence-corrected chi connectivity index (χ1v) is 6.84. The lowest BCUT2D eigenvalue weighted by Crippen LogP contribution is -2.09. The first-order chi connectivity index (χ1) is 8.83. The molecule has 2 heteroatoms. The summed E-state index contributed by atoms with van der Waals surface area (Å²) in [7, 11) is 0. The number of benzene rings is 1. The van der Waals surface area contributed by atoms with Crippen LogP contribution in [0, 0.1) is 11.7 Å². The molecular formula is C16H18FN. The highest BCUT2D eigenvalue weighted by atomic mass is 19.1. The monoisotopic (exact) mass is 243 g/mol. The molecule has 0 bridgehead atoms. The Bertz CT molecular complexity index is 478. The Morgan fingerprint density at radius 1 is 1.00 bits per heavy atom. The fourth-order valence-corrected chi connectivity index (χ4v) is 2.96. The molecule has 1 aromatic rings. The summed E-state index contributed by atoms with van der Waals surface area (Å²) in [6.07, 6.45) is 8.95. The summed E-state index contributed by atoms with van der Waals surface area (Å²) in [6, 6.07) is 6.64. The van der Waals surface area contributed by atoms with Gasteiger partial charge in [-0.05, 0) is 60.2 Å². The van der Waals surface area contributed by atoms with Gasteiger partial charge in [0.1, 0.15) is 5.82 Å². The summed E-state index contributed by atoms with van der Waals surface area (Å²) < 4.78 is 12.9. The smallest absolute Gasteiger partial charge is 0.123 e. The van der Waals surface area contributed by atoms with Crippen molar-refractivity contribution in [3.8, 4) is 0 Å². The van der Waals surface area contributed by atoms with Crippen LogP contribution in [0.5, 0.6) is 0 Å². The Hall–Kier alpha value is -1.44. The number of hydrogen-bond donors (Lipinski definition) is 0. The lowest BCUT2D eigenvalue weighted by molar-refractivity contribution is 0.401. The van der Waals surface area contributed by atoms with E-state index in [9.17, 15) is 4.39 Å². The molecule has 1 heterocycles. The fourth-order valence-electron chi connectivity index (χ4n) is 2.96. The van der Waals surface area contributed by atoms with Crippen LogP contribution >= 0.6 is 0 Å². The number of nitrogens with zero attached hydrogens (tertiary/aromatic N) is 1. The maximum absolute atomic E-state index is 12.9. The molecule has 3 rings (SSSR count). The van der Waals surface area contributed by atoms with E-state index in [-0.39, 0.29) is 5.82 Å². The Kier molecular flexibility index (Phi) is 3.26. The van der Waals surface area contributed by atoms with Crippen LogP contribution in [0.3, 0.4) is 0 Å². The molecule has 1 saturated carbocycles. The van der Waals surface area contributed by atoms with Crippen molar-refractivity contribution in [1.82, 2.24) is 0 Å². The lowest BCUT2D eigenvalue weighted by Gasteiger charge is -2.22. The van der Waals surface area contributed by atoms with Gasteiger partial charge in [-0.15, -0.1) is 0 Å². The summed E-state index contributed by atoms with van der Waals surface area (Å²) in [5.74, 6) is 0.550. The summed E-state index contributed by atoms with van der Waals surface area (Å²) >= 11 is 0. The lowest BCUT2D eigenvalue weighted by atomic mass is 9.83. The standard InChI is InChI=1S/C16H18FN/c17-15-8-6-13(7-9-15)16-10-14(11-18-16)12-4-2-1-3-5-12/h6-10,12H,1-5,11H2. The van der Waals surface area contributed by atoms with Crippen molar-refractivity contribution < 1.29 is 4.39 Å². The van der Waals surface area contributed by atoms with E-state index in [1.807, 2.05) is 12.1 Å². The van der Waals surface area contributed by atoms with Gasteiger partial charge >= 0.3 is 0 Å². The highest BCUT2D eigenvalue weighted by molar-refractivity contribution is 6.10. The summed E-state index contributed by atoms with van der Waals surface area (Å²) in [4.78, 5) is 4.59. The molecule has 1 aliphatic carbocycles. The number of halogens is 1. The van der Waals surface area contributed by atoms with Gasteiger partial charge in [-0.3, -0.25) is 4.99 Å². The molecule has 0 radical (unpaired) electrons. The third-order valence-electron chi connectivity index (χ3n) is 4.02. The molecule has 0 amide bonds. The zero-order chi connectivity index (χ0) is 12.4. The van der Waals surface area contributed by atoms with Crippen molar-refractivity contribution in [3.63, 3.8) is 0 Å². The van der Waals surface area contributed by atoms with Gasteiger partial charge in [-0.25, -0.2) is 4.39 Å². The molecule has 0 saturated heterocycles. The maximum Gasteiger partial charge on any atom is 0.123 e. The van der Waals surface area contributed by atoms with Crippen molar-refractivity contribution in [2.45, 2.75) is 32.1 Å². The number of hydrogen-bond acceptors (Lipinski definition) is 1. The molecule has 2 aliphatic rings. The second-order valence-electron chi connectivity index (χ2n) is 5.26. The molecule has 94 valence electrons. The molecule has 18 heavy (non-hydrogen) atoms. The van der Waals surface area contributed by atoms with Gasteiger partial charge in [0.25, 0.3) is 0 Å². The quantitative estimate of drug-likeness (QED) is 0.740. The van der Waals surface area contributed by atoms with E-state index >= 15 is 0 Å². The van der Waals surface area contributed by atoms with Gasteiger partial charge in [0.05, 0.1) is 12.3 Å². The van der Waals surface area contributed by atoms with Crippen molar-refractivity contribution in [1.29, 1.82) is 0 Å². The van der Waals surface area contributed by atoms with Crippen LogP contribution in [-0.2, 0) is 0 Å². The van der Waals surface area contributed by atoms with Crippen LogP contribution in [-0.4, -0.2) is 12.3 Å². The largest absolute Gasteiger partial charge is 0.280 e. The van der Waals surface area contributed by atoms with Gasteiger partial charge in [-0.2, -0.15) is 0 Å². The minimum absolute atomic E-state index is 0.186. The molecular weight excluding hydrogens is 225 g/mol. The molecule has 0 spiro atoms. The number of rotatable bonds is 2. The highest BCUT2D eigenvalue weighted by Crippen LogP contribution is 2.32. The fraction of sp³-hybridized carbons (Fsp3) is 0.438. The Morgan fingerprint density at radius 2 is 1.72 bits per heavy atom. The third-order valence-corrected chi connectivity index (χ3v) is 4.02. The van der Waals surface area contributed by atoms with Gasteiger partial charge in [0.2, 0.25) is 0 Å². The van der Waals surface area contributed by atoms with Gasteiger partial charge < -0.3 is 0 Å². The zero-order valence-electron chi connectivity index (χ0n) is 10.5. The van der Waals surface area contributed by atoms with E-state index in [4.69, 9.17) is 0 Å². The van der Waals surface area contributed by atoms with Crippen molar-refractivity contribution >= 4 is 5.71 Å². The number of allylic oxidation sites excluding steroid dienone is 1. The van der Waals surface area contributed by atoms with Crippen LogP contribution < -0.4 is 0 Å². The van der Waals surface area contributed by atoms with E-state index in [2.05, 4.69) is 11.1 Å². The molecule has 0 unspecified atom stereocenters. The van der Waals surface area contributed by atoms with Crippen LogP contribution in [0.25, 0.3) is 0 Å². The molecule has 0 aromatic heterocycles. The van der Waals surface area contributed by atoms with Crippen molar-refractivity contribution in [2.24, 2.45) is 10.9 Å². The molecule has 0 N–H and O–H groups in total. The zero-order valence-corrected chi connectivity index (χ0v) is 10.5. The SMILES string of the molecule is Fc1ccc(C2=NCC(C3CCCCC3)=C2)cc1. The maximum atomic E-state index is 12.9. The summed E-state index contributed by atoms with van der Waals surface area (Å²) in [5.41, 5.74) is 3.53. The molecule has 1 nitrogen and oxygen atoms in total. The number of aliphatic imine (C=N–C) groups is 1. The van der Waals surface area contributed by atoms with Crippen LogP contribution in [0.2, 0.25) is 0 Å². The summed E-state index contributed by atoms with van der Waals surface area (Å²) in [5, 5.41) is 0. The van der Waals surface area contributed by atoms with Crippen LogP contribution in [0.4, 0.5) is 4.39 Å². The minimum atomic E-state index is -0.186. The van der Waals surface area contributed by atoms with E-state index in [0.717, 1.165) is 23.7 Å². The van der Waals surface area contributed by atoms with Crippen molar-refractivity contribution in [3.05, 3.63) is 47.3 Å². The molecule has 1 aromatic carbocycles. The van der Waals surface area contributed by atoms with E-state index in [1.165, 1.54) is 49.8 Å². The molecule has 0 atom stereocenters. The molecule has 1 aliphatic heterocycles. The van der Waals surface area contributed by atoms with E-state index in [1.54, 1.807) is 0 Å². The van der Waals surface area contributed by atoms with Gasteiger partial charge in [0.15, 0.2) is 0 Å². The second kappa shape index (κ2) is 5.05. The normalized spacial score (nSPS) is 20.7. The van der Waals surface area contributed by atoms with Crippen molar-refractivity contribution in [2.75, 3.05) is 6.54 Å². The van der Waals surface area contributed by atoms with Gasteiger partial charge in [0, 0.05) is 0 Å². The van der Waals surface area contributed by atoms with Gasteiger partial charge in [-0.1, -0.05) is 19.3 Å². The van der Waals surface area contributed by atoms with Crippen LogP contribution in [0.15, 0.2) is 40.9 Å². The first-order valence-electron chi connectivity index (χ1n) is 6.84. The first kappa shape index (κ1) is 11.6. The average molecular weight is 243 g/mol. The molecule has 1 fully saturated rings. The van der Waals surface area contributed by atoms with E-state index < -0.39 is 0 Å². The van der Waals surface area contributed by atoms with Crippen LogP contribution in [0.1, 0.15) is 37.7 Å². The predicted molar refractivity (Wildman–Crippen MR) is 72.5 cm³/mol. The highest BCUT2D eigenvalue weighted by Gasteiger charge is 2.21. The minimum Gasteiger partial charge on any atom is -0.280 e. The summed E-state index contributed by atoms with van der Waals surface area (Å²) in [6.45, 7) is 0.845. The topological polar surface area (TPSA) is 12.4 Å². The Labute approximate surface area is 107 Å². The van der Waals surface area contributed by atoms with E-state index in [0.29, 0.717) is 0 Å². The Morgan fingerprint density at radius 3 is 2.44 bits per heavy atom. The third kappa shape index (κ3) is 2.38. The second-order valence-corrected chi connectivity index (χ2v) is 5.26. The predicted octanol–water partition coefficient (Wildman–Crippen LogP) is 4.14.